The van der Waals surface area contributed by atoms with Crippen molar-refractivity contribution < 1.29 is 15.4 Å². The van der Waals surface area contributed by atoms with Gasteiger partial charge in [0, 0.05) is 48.0 Å². The lowest BCUT2D eigenvalue weighted by Crippen LogP contribution is -2.10. The molecule has 0 aliphatic rings. The first-order valence-electron chi connectivity index (χ1n) is 19.9. The summed E-state index contributed by atoms with van der Waals surface area (Å²) in [6, 6.07) is 36.6. The number of fused-ring (bicyclic) bond motifs is 7. The Morgan fingerprint density at radius 1 is 0.490 bits per heavy atom. The monoisotopic (exact) mass is 651 g/mol. The molecule has 8 aromatic carbocycles. The number of furan rings is 1. The van der Waals surface area contributed by atoms with Crippen molar-refractivity contribution in [3.8, 4) is 22.3 Å². The molecule has 0 unspecified atom stereocenters. The van der Waals surface area contributed by atoms with E-state index in [1.54, 1.807) is 35.6 Å². The van der Waals surface area contributed by atoms with E-state index in [0.29, 0.717) is 33.4 Å². The first-order chi connectivity index (χ1) is 27.6. The van der Waals surface area contributed by atoms with Gasteiger partial charge in [-0.05, 0) is 93.6 Å². The molecular weight excluding hydrogens is 615 g/mol. The number of hydrogen-bond donors (Lipinski definition) is 0. The first kappa shape index (κ1) is 20.9. The van der Waals surface area contributed by atoms with E-state index in [1.165, 1.54) is 4.90 Å². The second-order valence-corrected chi connectivity index (χ2v) is 12.9. The van der Waals surface area contributed by atoms with Crippen LogP contribution in [0.3, 0.4) is 0 Å². The van der Waals surface area contributed by atoms with Crippen LogP contribution in [0.1, 0.15) is 11.0 Å². The molecule has 49 heavy (non-hydrogen) atoms. The van der Waals surface area contributed by atoms with Crippen LogP contribution in [-0.2, 0) is 0 Å². The van der Waals surface area contributed by atoms with Gasteiger partial charge in [0.1, 0.15) is 11.2 Å². The highest BCUT2D eigenvalue weighted by Crippen LogP contribution is 2.43. The van der Waals surface area contributed by atoms with Gasteiger partial charge in [0.15, 0.2) is 0 Å². The minimum Gasteiger partial charge on any atom is -0.456 e. The summed E-state index contributed by atoms with van der Waals surface area (Å²) in [7, 11) is 0. The first-order valence-corrected chi connectivity index (χ1v) is 16.8. The van der Waals surface area contributed by atoms with Gasteiger partial charge < -0.3 is 9.32 Å². The lowest BCUT2D eigenvalue weighted by molar-refractivity contribution is 0.669. The van der Waals surface area contributed by atoms with Gasteiger partial charge in [-0.25, -0.2) is 0 Å². The number of thiophene rings is 1. The molecule has 2 aromatic heterocycles. The molecule has 0 spiro atoms. The maximum Gasteiger partial charge on any atom is 0.135 e. The van der Waals surface area contributed by atoms with E-state index in [0.717, 1.165) is 36.3 Å². The minimum absolute atomic E-state index is 0.123. The highest BCUT2D eigenvalue weighted by atomic mass is 32.1. The Morgan fingerprint density at radius 3 is 2.12 bits per heavy atom. The van der Waals surface area contributed by atoms with E-state index in [-0.39, 0.29) is 58.8 Å². The minimum atomic E-state index is -0.455. The van der Waals surface area contributed by atoms with Crippen LogP contribution in [0.5, 0.6) is 0 Å². The van der Waals surface area contributed by atoms with Crippen molar-refractivity contribution in [2.24, 2.45) is 0 Å². The average molecular weight is 652 g/mol. The van der Waals surface area contributed by atoms with Gasteiger partial charge in [-0.15, -0.1) is 11.3 Å². The largest absolute Gasteiger partial charge is 0.456 e. The molecule has 10 aromatic rings. The van der Waals surface area contributed by atoms with Gasteiger partial charge in [-0.2, -0.15) is 0 Å². The third-order valence-electron chi connectivity index (χ3n) is 9.02. The molecule has 3 heteroatoms. The Bertz CT molecular complexity index is 3280. The summed E-state index contributed by atoms with van der Waals surface area (Å²) < 4.78 is 83.9. The van der Waals surface area contributed by atoms with E-state index in [4.69, 9.17) is 4.42 Å². The topological polar surface area (TPSA) is 16.4 Å². The second kappa shape index (κ2) is 11.2. The fourth-order valence-corrected chi connectivity index (χ4v) is 7.91. The van der Waals surface area contributed by atoms with Crippen LogP contribution < -0.4 is 4.90 Å². The highest BCUT2D eigenvalue weighted by Gasteiger charge is 2.18. The van der Waals surface area contributed by atoms with E-state index < -0.39 is 12.1 Å². The third kappa shape index (κ3) is 4.62. The zero-order chi connectivity index (χ0) is 39.3. The smallest absolute Gasteiger partial charge is 0.135 e. The molecular formula is C46H29NOS. The predicted molar refractivity (Wildman–Crippen MR) is 210 cm³/mol. The summed E-state index contributed by atoms with van der Waals surface area (Å²) in [5.41, 5.74) is 2.56. The Balaban J connectivity index is 1.31. The molecule has 2 heterocycles. The van der Waals surface area contributed by atoms with E-state index in [9.17, 15) is 11.0 Å². The zero-order valence-corrected chi connectivity index (χ0v) is 26.7. The van der Waals surface area contributed by atoms with Crippen LogP contribution in [0.15, 0.2) is 180 Å². The SMILES string of the molecule is [2H]c1c([2H])c(-c2cccc3sc4ccccc4c23)c([2H])c(N(c2ccc3oc4ccccc4c3c2)c2c([2H])c([2H])c(-c3cccc4ccccc34)c([2H])c2[2H])c1[2H]. The number of hydrogen-bond acceptors (Lipinski definition) is 3. The quantitative estimate of drug-likeness (QED) is 0.184. The van der Waals surface area contributed by atoms with Crippen LogP contribution in [-0.4, -0.2) is 0 Å². The molecule has 0 aliphatic carbocycles. The number of nitrogens with zero attached hydrogens (tertiary/aromatic N) is 1. The fourth-order valence-electron chi connectivity index (χ4n) is 6.78. The molecule has 0 atom stereocenters. The summed E-state index contributed by atoms with van der Waals surface area (Å²) in [5.74, 6) is 0. The van der Waals surface area contributed by atoms with Crippen molar-refractivity contribution in [1.82, 2.24) is 0 Å². The molecule has 0 N–H and O–H groups in total. The molecule has 0 saturated heterocycles. The maximum absolute atomic E-state index is 9.91. The van der Waals surface area contributed by atoms with Crippen LogP contribution >= 0.6 is 11.3 Å². The molecule has 10 rings (SSSR count). The van der Waals surface area contributed by atoms with Crippen molar-refractivity contribution in [2.45, 2.75) is 0 Å². The Labute approximate surface area is 299 Å². The van der Waals surface area contributed by atoms with Crippen LogP contribution in [0.2, 0.25) is 0 Å². The van der Waals surface area contributed by atoms with Gasteiger partial charge in [-0.3, -0.25) is 0 Å². The normalized spacial score (nSPS) is 14.0. The van der Waals surface area contributed by atoms with E-state index in [2.05, 4.69) is 0 Å². The number of benzene rings is 8. The molecule has 0 amide bonds. The third-order valence-corrected chi connectivity index (χ3v) is 10.2. The summed E-state index contributed by atoms with van der Waals surface area (Å²) in [4.78, 5) is 1.40. The molecule has 0 aliphatic heterocycles. The average Bonchev–Trinajstić information content (AvgIpc) is 3.80. The lowest BCUT2D eigenvalue weighted by atomic mass is 9.97. The van der Waals surface area contributed by atoms with Crippen LogP contribution in [0, 0.1) is 0 Å². The Kier molecular flexibility index (Phi) is 4.80. The van der Waals surface area contributed by atoms with Crippen molar-refractivity contribution >= 4 is 81.3 Å². The second-order valence-electron chi connectivity index (χ2n) is 11.9. The van der Waals surface area contributed by atoms with Crippen molar-refractivity contribution in [3.63, 3.8) is 0 Å². The van der Waals surface area contributed by atoms with Gasteiger partial charge in [-0.1, -0.05) is 115 Å². The van der Waals surface area contributed by atoms with Gasteiger partial charge in [0.25, 0.3) is 0 Å². The highest BCUT2D eigenvalue weighted by molar-refractivity contribution is 7.25. The summed E-state index contributed by atoms with van der Waals surface area (Å²) in [6.45, 7) is 0. The van der Waals surface area contributed by atoms with Gasteiger partial charge >= 0.3 is 0 Å². The zero-order valence-electron chi connectivity index (χ0n) is 33.9. The molecule has 2 nitrogen and oxygen atoms in total. The van der Waals surface area contributed by atoms with E-state index in [1.807, 2.05) is 103 Å². The molecule has 0 radical (unpaired) electrons. The van der Waals surface area contributed by atoms with Crippen molar-refractivity contribution in [1.29, 1.82) is 0 Å². The van der Waals surface area contributed by atoms with Crippen LogP contribution in [0.4, 0.5) is 17.1 Å². The Morgan fingerprint density at radius 2 is 1.20 bits per heavy atom. The summed E-state index contributed by atoms with van der Waals surface area (Å²) in [6.07, 6.45) is 0. The van der Waals surface area contributed by atoms with E-state index >= 15 is 0 Å². The number of anilines is 3. The molecule has 230 valence electrons. The van der Waals surface area contributed by atoms with Gasteiger partial charge in [0.2, 0.25) is 0 Å². The number of rotatable bonds is 5. The predicted octanol–water partition coefficient (Wildman–Crippen LogP) is 13.9. The molecule has 0 fully saturated rings. The molecule has 0 saturated carbocycles. The molecule has 0 bridgehead atoms. The lowest BCUT2D eigenvalue weighted by Gasteiger charge is -2.26. The standard InChI is InChI=1S/C46H29NOS/c1-2-14-36-30(10-1)11-8-17-37(36)31-22-24-33(25-23-31)47(35-26-27-43-41(29-35)39-15-3-5-19-42(39)48-43)34-13-7-12-32(28-34)38-18-9-21-45-46(38)40-16-4-6-20-44(40)49-45/h1-29H/i7D,12D,13D,22D,23D,24D,25D,28D. The number of para-hydroxylation sites is 1. The van der Waals surface area contributed by atoms with Crippen LogP contribution in [0.25, 0.3) is 75.1 Å². The van der Waals surface area contributed by atoms with Gasteiger partial charge in [0.05, 0.1) is 11.0 Å². The van der Waals surface area contributed by atoms with Crippen molar-refractivity contribution in [3.05, 3.63) is 176 Å². The Hall–Kier alpha value is -6.16. The summed E-state index contributed by atoms with van der Waals surface area (Å²) >= 11 is 1.59. The fraction of sp³-hybridized carbons (Fsp3) is 0. The van der Waals surface area contributed by atoms with Crippen molar-refractivity contribution in [2.75, 3.05) is 4.90 Å². The summed E-state index contributed by atoms with van der Waals surface area (Å²) in [5, 5.41) is 4.92. The maximum atomic E-state index is 9.91.